The van der Waals surface area contributed by atoms with E-state index in [1.165, 1.54) is 16.5 Å². The van der Waals surface area contributed by atoms with E-state index in [0.717, 1.165) is 17.1 Å². The molecule has 5 rings (SSSR count). The van der Waals surface area contributed by atoms with Crippen LogP contribution in [-0.4, -0.2) is 11.4 Å². The first-order chi connectivity index (χ1) is 12.9. The molecule has 0 spiro atoms. The third-order valence-electron chi connectivity index (χ3n) is 4.76. The van der Waals surface area contributed by atoms with Crippen LogP contribution in [0.15, 0.2) is 102 Å². The quantitative estimate of drug-likeness (QED) is 0.389. The Balaban J connectivity index is 1.73. The fourth-order valence-corrected chi connectivity index (χ4v) is 3.45. The van der Waals surface area contributed by atoms with E-state index >= 15 is 0 Å². The van der Waals surface area contributed by atoms with Gasteiger partial charge in [-0.15, -0.1) is 0 Å². The topological polar surface area (TPSA) is 18.6 Å². The van der Waals surface area contributed by atoms with E-state index in [4.69, 9.17) is 5.11 Å². The highest BCUT2D eigenvalue weighted by Crippen LogP contribution is 2.41. The molecule has 1 heterocycles. The maximum atomic E-state index is 4.93. The van der Waals surface area contributed by atoms with Crippen LogP contribution in [0.1, 0.15) is 0 Å². The zero-order valence-electron chi connectivity index (χ0n) is 14.3. The number of anilines is 2. The van der Waals surface area contributed by atoms with Crippen molar-refractivity contribution in [1.29, 1.82) is 0 Å². The van der Waals surface area contributed by atoms with Gasteiger partial charge in [-0.2, -0.15) is 0 Å². The first kappa shape index (κ1) is 14.8. The molecule has 124 valence electrons. The minimum Gasteiger partial charge on any atom is -0.281 e. The lowest BCUT2D eigenvalue weighted by atomic mass is 10.1. The molecule has 4 aromatic carbocycles. The summed E-state index contributed by atoms with van der Waals surface area (Å²) >= 11 is 0. The lowest BCUT2D eigenvalue weighted by Gasteiger charge is -2.26. The van der Waals surface area contributed by atoms with Crippen LogP contribution in [0.2, 0.25) is 0 Å². The van der Waals surface area contributed by atoms with Crippen LogP contribution < -0.4 is 4.90 Å². The van der Waals surface area contributed by atoms with Crippen LogP contribution in [-0.2, 0) is 0 Å². The van der Waals surface area contributed by atoms with E-state index in [1.807, 2.05) is 24.3 Å². The van der Waals surface area contributed by atoms with Gasteiger partial charge in [0.25, 0.3) is 6.67 Å². The van der Waals surface area contributed by atoms with E-state index in [2.05, 4.69) is 82.4 Å². The predicted molar refractivity (Wildman–Crippen MR) is 106 cm³/mol. The summed E-state index contributed by atoms with van der Waals surface area (Å²) in [5.41, 5.74) is 4.39. The van der Waals surface area contributed by atoms with Crippen LogP contribution in [0.3, 0.4) is 0 Å². The number of para-hydroxylation sites is 2. The maximum Gasteiger partial charge on any atom is 0.254 e. The van der Waals surface area contributed by atoms with E-state index in [-0.39, 0.29) is 0 Å². The molecule has 0 saturated heterocycles. The Hall–Kier alpha value is -3.46. The number of fused-ring (bicyclic) bond motifs is 2. The van der Waals surface area contributed by atoms with Gasteiger partial charge < -0.3 is 0 Å². The molecule has 0 aliphatic carbocycles. The van der Waals surface area contributed by atoms with Crippen molar-refractivity contribution < 1.29 is 4.70 Å². The Morgan fingerprint density at radius 2 is 1.31 bits per heavy atom. The van der Waals surface area contributed by atoms with Gasteiger partial charge in [-0.3, -0.25) is 4.90 Å². The van der Waals surface area contributed by atoms with Crippen molar-refractivity contribution in [1.82, 2.24) is 0 Å². The van der Waals surface area contributed by atoms with Crippen LogP contribution in [0.5, 0.6) is 0 Å². The molecule has 0 bridgehead atoms. The first-order valence-electron chi connectivity index (χ1n) is 8.78. The van der Waals surface area contributed by atoms with Gasteiger partial charge in [0.15, 0.2) is 5.69 Å². The summed E-state index contributed by atoms with van der Waals surface area (Å²) < 4.78 is 2.06. The summed E-state index contributed by atoms with van der Waals surface area (Å²) in [6.07, 6.45) is 0. The Morgan fingerprint density at radius 3 is 2.04 bits per heavy atom. The second kappa shape index (κ2) is 6.12. The molecule has 0 unspecified atom stereocenters. The molecule has 0 saturated carbocycles. The third-order valence-corrected chi connectivity index (χ3v) is 4.76. The van der Waals surface area contributed by atoms with Crippen molar-refractivity contribution in [2.75, 3.05) is 11.6 Å². The van der Waals surface area contributed by atoms with Gasteiger partial charge in [-0.1, -0.05) is 65.4 Å². The largest absolute Gasteiger partial charge is 0.281 e. The van der Waals surface area contributed by atoms with Crippen molar-refractivity contribution in [3.63, 3.8) is 0 Å². The fraction of sp³-hybridized carbons (Fsp3) is 0.0435. The van der Waals surface area contributed by atoms with Crippen molar-refractivity contribution in [3.8, 4) is 0 Å². The van der Waals surface area contributed by atoms with E-state index < -0.39 is 0 Å². The van der Waals surface area contributed by atoms with E-state index in [0.29, 0.717) is 6.67 Å². The summed E-state index contributed by atoms with van der Waals surface area (Å²) in [4.78, 5) is 2.32. The lowest BCUT2D eigenvalue weighted by Crippen LogP contribution is -2.28. The number of azo groups is 2. The van der Waals surface area contributed by atoms with Crippen LogP contribution in [0, 0.1) is 0 Å². The summed E-state index contributed by atoms with van der Waals surface area (Å²) in [6.45, 7) is 0.680. The summed E-state index contributed by atoms with van der Waals surface area (Å²) in [5, 5.41) is 7.37. The van der Waals surface area contributed by atoms with Crippen molar-refractivity contribution in [3.05, 3.63) is 97.1 Å². The van der Waals surface area contributed by atoms with Gasteiger partial charge in [0.2, 0.25) is 5.69 Å². The predicted octanol–water partition coefficient (Wildman–Crippen LogP) is 6.38. The molecular formula is C23H18N3+. The molecule has 0 fully saturated rings. The molecule has 0 N–H and O–H groups in total. The van der Waals surface area contributed by atoms with Crippen molar-refractivity contribution in [2.45, 2.75) is 0 Å². The highest BCUT2D eigenvalue weighted by atomic mass is 15.4. The number of hydrogen-bond donors (Lipinski definition) is 0. The second-order valence-corrected chi connectivity index (χ2v) is 6.43. The van der Waals surface area contributed by atoms with Crippen molar-refractivity contribution >= 4 is 33.5 Å². The average Bonchev–Trinajstić information content (AvgIpc) is 2.73. The molecule has 0 radical (unpaired) electrons. The molecule has 3 nitrogen and oxygen atoms in total. The molecule has 26 heavy (non-hydrogen) atoms. The molecular weight excluding hydrogens is 318 g/mol. The van der Waals surface area contributed by atoms with E-state index in [1.54, 1.807) is 0 Å². The molecule has 0 amide bonds. The van der Waals surface area contributed by atoms with Crippen LogP contribution in [0.4, 0.5) is 22.7 Å². The molecule has 1 aliphatic heterocycles. The summed E-state index contributed by atoms with van der Waals surface area (Å²) in [6, 6.07) is 33.7. The van der Waals surface area contributed by atoms with Gasteiger partial charge in [0, 0.05) is 22.9 Å². The third kappa shape index (κ3) is 2.54. The Kier molecular flexibility index (Phi) is 3.49. The van der Waals surface area contributed by atoms with Gasteiger partial charge in [-0.05, 0) is 35.0 Å². The number of hydrogen-bond acceptors (Lipinski definition) is 2. The van der Waals surface area contributed by atoms with Gasteiger partial charge >= 0.3 is 0 Å². The monoisotopic (exact) mass is 336 g/mol. The van der Waals surface area contributed by atoms with Gasteiger partial charge in [0.1, 0.15) is 0 Å². The Bertz CT molecular complexity index is 1100. The summed E-state index contributed by atoms with van der Waals surface area (Å²) in [5.74, 6) is 0. The number of nitrogens with zero attached hydrogens (tertiary/aromatic N) is 3. The highest BCUT2D eigenvalue weighted by molar-refractivity contribution is 5.93. The average molecular weight is 336 g/mol. The smallest absolute Gasteiger partial charge is 0.254 e. The zero-order valence-corrected chi connectivity index (χ0v) is 14.3. The SMILES string of the molecule is c1ccc(N2C[N+](c3ccccc3)=Nc3cc4ccccc4cc32)cc1. The minimum absolute atomic E-state index is 0.680. The van der Waals surface area contributed by atoms with Crippen molar-refractivity contribution in [2.24, 2.45) is 5.11 Å². The maximum absolute atomic E-state index is 4.93. The molecule has 0 atom stereocenters. The van der Waals surface area contributed by atoms with Crippen LogP contribution >= 0.6 is 0 Å². The molecule has 4 aromatic rings. The fourth-order valence-electron chi connectivity index (χ4n) is 3.45. The normalized spacial score (nSPS) is 13.4. The summed E-state index contributed by atoms with van der Waals surface area (Å²) in [7, 11) is 0. The first-order valence-corrected chi connectivity index (χ1v) is 8.78. The highest BCUT2D eigenvalue weighted by Gasteiger charge is 2.27. The standard InChI is InChI=1S/C23H18N3/c1-3-11-20(12-4-1)25-17-26(21-13-5-2-6-14-21)24-22-15-18-9-7-8-10-19(18)16-23(22)25/h1-16H,17H2/q+1. The number of rotatable bonds is 2. The minimum atomic E-state index is 0.680. The molecule has 0 aromatic heterocycles. The van der Waals surface area contributed by atoms with Crippen LogP contribution in [0.25, 0.3) is 10.8 Å². The number of benzene rings is 4. The Morgan fingerprint density at radius 1 is 0.692 bits per heavy atom. The zero-order chi connectivity index (χ0) is 17.3. The molecule has 1 aliphatic rings. The molecule has 3 heteroatoms. The van der Waals surface area contributed by atoms with Gasteiger partial charge in [-0.25, -0.2) is 0 Å². The van der Waals surface area contributed by atoms with Gasteiger partial charge in [0.05, 0.1) is 5.69 Å². The lowest BCUT2D eigenvalue weighted by molar-refractivity contribution is -0.508. The van der Waals surface area contributed by atoms with E-state index in [9.17, 15) is 0 Å². The second-order valence-electron chi connectivity index (χ2n) is 6.43. The Labute approximate surface area is 152 Å².